The molecule has 3 rings (SSSR count). The largest absolute Gasteiger partial charge is 0.372 e. The number of anilines is 1. The van der Waals surface area contributed by atoms with Crippen LogP contribution in [0.1, 0.15) is 24.8 Å². The third-order valence-corrected chi connectivity index (χ3v) is 5.92. The molecule has 1 fully saturated rings. The van der Waals surface area contributed by atoms with Crippen LogP contribution >= 0.6 is 11.6 Å². The summed E-state index contributed by atoms with van der Waals surface area (Å²) in [5, 5.41) is 0.516. The van der Waals surface area contributed by atoms with Crippen LogP contribution in [0.25, 0.3) is 0 Å². The highest BCUT2D eigenvalue weighted by Gasteiger charge is 2.14. The number of nitrogens with zero attached hydrogens (tertiary/aromatic N) is 1. The van der Waals surface area contributed by atoms with Crippen molar-refractivity contribution in [3.63, 3.8) is 0 Å². The molecule has 24 heavy (non-hydrogen) atoms. The number of hydrogen-bond acceptors (Lipinski definition) is 3. The average molecular weight is 365 g/mol. The van der Waals surface area contributed by atoms with Crippen molar-refractivity contribution in [2.45, 2.75) is 30.7 Å². The van der Waals surface area contributed by atoms with Gasteiger partial charge in [-0.25, -0.2) is 13.1 Å². The fraction of sp³-hybridized carbons (Fsp3) is 0.333. The Balaban J connectivity index is 1.62. The van der Waals surface area contributed by atoms with E-state index in [-0.39, 0.29) is 11.4 Å². The molecule has 128 valence electrons. The summed E-state index contributed by atoms with van der Waals surface area (Å²) in [6.07, 6.45) is 3.78. The second kappa shape index (κ2) is 7.55. The first-order valence-corrected chi connectivity index (χ1v) is 10.00. The molecule has 1 aliphatic rings. The van der Waals surface area contributed by atoms with Crippen LogP contribution in [0.2, 0.25) is 5.02 Å². The first-order chi connectivity index (χ1) is 11.5. The molecule has 0 bridgehead atoms. The lowest BCUT2D eigenvalue weighted by Crippen LogP contribution is -2.29. The summed E-state index contributed by atoms with van der Waals surface area (Å²) in [5.41, 5.74) is 2.15. The zero-order valence-corrected chi connectivity index (χ0v) is 15.0. The van der Waals surface area contributed by atoms with Crippen LogP contribution in [0.4, 0.5) is 5.69 Å². The van der Waals surface area contributed by atoms with Gasteiger partial charge in [0.15, 0.2) is 0 Å². The van der Waals surface area contributed by atoms with Crippen molar-refractivity contribution < 1.29 is 8.42 Å². The van der Waals surface area contributed by atoms with Crippen molar-refractivity contribution in [1.82, 2.24) is 4.72 Å². The van der Waals surface area contributed by atoms with Gasteiger partial charge in [0.2, 0.25) is 10.0 Å². The lowest BCUT2D eigenvalue weighted by molar-refractivity contribution is 0.577. The summed E-state index contributed by atoms with van der Waals surface area (Å²) in [6.45, 7) is 2.47. The molecular weight excluding hydrogens is 344 g/mol. The number of piperidine rings is 1. The molecule has 0 atom stereocenters. The fourth-order valence-corrected chi connectivity index (χ4v) is 4.00. The van der Waals surface area contributed by atoms with Crippen molar-refractivity contribution in [2.24, 2.45) is 0 Å². The molecule has 0 unspecified atom stereocenters. The Bertz CT molecular complexity index is 768. The van der Waals surface area contributed by atoms with Crippen molar-refractivity contribution in [1.29, 1.82) is 0 Å². The number of halogens is 1. The number of hydrogen-bond donors (Lipinski definition) is 1. The van der Waals surface area contributed by atoms with E-state index in [1.54, 1.807) is 12.1 Å². The maximum Gasteiger partial charge on any atom is 0.240 e. The van der Waals surface area contributed by atoms with E-state index in [9.17, 15) is 8.42 Å². The molecule has 0 radical (unpaired) electrons. The fourth-order valence-electron chi connectivity index (χ4n) is 2.85. The van der Waals surface area contributed by atoms with Gasteiger partial charge in [-0.2, -0.15) is 0 Å². The summed E-state index contributed by atoms with van der Waals surface area (Å²) < 4.78 is 27.2. The van der Waals surface area contributed by atoms with Crippen LogP contribution < -0.4 is 9.62 Å². The molecule has 1 aliphatic heterocycles. The molecule has 1 heterocycles. The van der Waals surface area contributed by atoms with Crippen LogP contribution in [0, 0.1) is 0 Å². The summed E-state index contributed by atoms with van der Waals surface area (Å²) in [4.78, 5) is 2.60. The molecule has 0 spiro atoms. The maximum atomic E-state index is 12.3. The van der Waals surface area contributed by atoms with E-state index in [0.717, 1.165) is 18.7 Å². The highest BCUT2D eigenvalue weighted by Crippen LogP contribution is 2.20. The molecule has 2 aromatic rings. The van der Waals surface area contributed by atoms with Gasteiger partial charge in [0.25, 0.3) is 0 Å². The molecule has 1 saturated heterocycles. The van der Waals surface area contributed by atoms with Gasteiger partial charge in [-0.3, -0.25) is 0 Å². The molecule has 0 amide bonds. The Morgan fingerprint density at radius 2 is 1.54 bits per heavy atom. The van der Waals surface area contributed by atoms with Crippen LogP contribution in [-0.2, 0) is 16.6 Å². The molecule has 0 aromatic heterocycles. The zero-order valence-electron chi connectivity index (χ0n) is 13.4. The minimum Gasteiger partial charge on any atom is -0.372 e. The third-order valence-electron chi connectivity index (χ3n) is 4.25. The van der Waals surface area contributed by atoms with E-state index in [1.807, 2.05) is 12.1 Å². The van der Waals surface area contributed by atoms with Gasteiger partial charge in [-0.05, 0) is 61.2 Å². The normalized spacial score (nSPS) is 15.5. The first-order valence-electron chi connectivity index (χ1n) is 8.14. The van der Waals surface area contributed by atoms with Crippen molar-refractivity contribution in [2.75, 3.05) is 18.0 Å². The monoisotopic (exact) mass is 364 g/mol. The number of sulfonamides is 1. The van der Waals surface area contributed by atoms with Crippen LogP contribution in [0.5, 0.6) is 0 Å². The van der Waals surface area contributed by atoms with Gasteiger partial charge >= 0.3 is 0 Å². The van der Waals surface area contributed by atoms with Crippen molar-refractivity contribution in [3.8, 4) is 0 Å². The van der Waals surface area contributed by atoms with E-state index in [4.69, 9.17) is 11.6 Å². The Morgan fingerprint density at radius 3 is 2.17 bits per heavy atom. The molecule has 1 N–H and O–H groups in total. The predicted molar refractivity (Wildman–Crippen MR) is 98.0 cm³/mol. The lowest BCUT2D eigenvalue weighted by atomic mass is 10.1. The van der Waals surface area contributed by atoms with E-state index in [1.165, 1.54) is 37.1 Å². The second-order valence-corrected chi connectivity index (χ2v) is 8.20. The van der Waals surface area contributed by atoms with Gasteiger partial charge in [0.05, 0.1) is 4.90 Å². The minimum absolute atomic E-state index is 0.219. The summed E-state index contributed by atoms with van der Waals surface area (Å²) >= 11 is 5.79. The van der Waals surface area contributed by atoms with Gasteiger partial charge in [0, 0.05) is 30.3 Å². The third kappa shape index (κ3) is 4.29. The smallest absolute Gasteiger partial charge is 0.240 e. The molecule has 2 aromatic carbocycles. The Morgan fingerprint density at radius 1 is 0.917 bits per heavy atom. The SMILES string of the molecule is O=S(=O)(NCc1ccc(N2CCCCC2)cc1)c1ccc(Cl)cc1. The maximum absolute atomic E-state index is 12.3. The average Bonchev–Trinajstić information content (AvgIpc) is 2.62. The molecular formula is C18H21ClN2O2S. The standard InChI is InChI=1S/C18H21ClN2O2S/c19-16-6-10-18(11-7-16)24(22,23)20-14-15-4-8-17(9-5-15)21-12-2-1-3-13-21/h4-11,20H,1-3,12-14H2. The van der Waals surface area contributed by atoms with E-state index in [0.29, 0.717) is 5.02 Å². The number of benzene rings is 2. The Labute approximate surface area is 148 Å². The van der Waals surface area contributed by atoms with E-state index in [2.05, 4.69) is 21.8 Å². The number of nitrogens with one attached hydrogen (secondary N) is 1. The second-order valence-electron chi connectivity index (χ2n) is 5.99. The van der Waals surface area contributed by atoms with Gasteiger partial charge in [-0.15, -0.1) is 0 Å². The topological polar surface area (TPSA) is 49.4 Å². The summed E-state index contributed by atoms with van der Waals surface area (Å²) in [6, 6.07) is 14.2. The van der Waals surface area contributed by atoms with Gasteiger partial charge in [-0.1, -0.05) is 23.7 Å². The predicted octanol–water partition coefficient (Wildman–Crippen LogP) is 3.81. The van der Waals surface area contributed by atoms with Gasteiger partial charge in [0.1, 0.15) is 0 Å². The summed E-state index contributed by atoms with van der Waals surface area (Å²) in [5.74, 6) is 0. The van der Waals surface area contributed by atoms with E-state index >= 15 is 0 Å². The molecule has 6 heteroatoms. The molecule has 0 aliphatic carbocycles. The van der Waals surface area contributed by atoms with Crippen molar-refractivity contribution in [3.05, 3.63) is 59.1 Å². The van der Waals surface area contributed by atoms with Crippen LogP contribution in [0.15, 0.2) is 53.4 Å². The molecule has 0 saturated carbocycles. The lowest BCUT2D eigenvalue weighted by Gasteiger charge is -2.28. The van der Waals surface area contributed by atoms with E-state index < -0.39 is 10.0 Å². The quantitative estimate of drug-likeness (QED) is 0.877. The summed E-state index contributed by atoms with van der Waals surface area (Å²) in [7, 11) is -3.52. The highest BCUT2D eigenvalue weighted by atomic mass is 35.5. The zero-order chi connectivity index (χ0) is 17.0. The minimum atomic E-state index is -3.52. The number of rotatable bonds is 5. The Kier molecular flexibility index (Phi) is 5.43. The first kappa shape index (κ1) is 17.3. The Hall–Kier alpha value is -1.56. The highest BCUT2D eigenvalue weighted by molar-refractivity contribution is 7.89. The van der Waals surface area contributed by atoms with Gasteiger partial charge < -0.3 is 4.90 Å². The van der Waals surface area contributed by atoms with Crippen LogP contribution in [-0.4, -0.2) is 21.5 Å². The molecule has 4 nitrogen and oxygen atoms in total. The van der Waals surface area contributed by atoms with Crippen molar-refractivity contribution >= 4 is 27.3 Å². The van der Waals surface area contributed by atoms with Crippen LogP contribution in [0.3, 0.4) is 0 Å².